The van der Waals surface area contributed by atoms with Crippen LogP contribution in [0.3, 0.4) is 0 Å². The normalized spacial score (nSPS) is 10.4. The fourth-order valence-electron chi connectivity index (χ4n) is 2.34. The first-order valence-corrected chi connectivity index (χ1v) is 8.09. The van der Waals surface area contributed by atoms with E-state index in [9.17, 15) is 14.9 Å². The second-order valence-corrected chi connectivity index (χ2v) is 5.93. The molecule has 3 rings (SSSR count). The minimum absolute atomic E-state index is 0.0186. The summed E-state index contributed by atoms with van der Waals surface area (Å²) in [5.74, 6) is -0.231. The lowest BCUT2D eigenvalue weighted by Crippen LogP contribution is -2.18. The van der Waals surface area contributed by atoms with Crippen molar-refractivity contribution in [2.75, 3.05) is 6.61 Å². The van der Waals surface area contributed by atoms with E-state index in [1.54, 1.807) is 18.2 Å². The molecule has 0 unspecified atom stereocenters. The van der Waals surface area contributed by atoms with Gasteiger partial charge in [0.25, 0.3) is 0 Å². The van der Waals surface area contributed by atoms with E-state index >= 15 is 0 Å². The molecule has 0 aliphatic rings. The van der Waals surface area contributed by atoms with Gasteiger partial charge in [-0.2, -0.15) is 0 Å². The van der Waals surface area contributed by atoms with Crippen LogP contribution in [0.1, 0.15) is 0 Å². The maximum atomic E-state index is 12.1. The number of para-hydroxylation sites is 2. The van der Waals surface area contributed by atoms with Crippen LogP contribution in [-0.4, -0.2) is 17.5 Å². The maximum Gasteiger partial charge on any atom is 0.349 e. The van der Waals surface area contributed by atoms with Gasteiger partial charge in [0.05, 0.1) is 4.92 Å². The molecular formula is C18H12BrNO5. The van der Waals surface area contributed by atoms with Crippen molar-refractivity contribution in [2.24, 2.45) is 0 Å². The SMILES string of the molecule is O=C(COc1ccccc1[N+](=O)[O-])Oc1ccc(Br)c2ccccc12. The van der Waals surface area contributed by atoms with Crippen molar-refractivity contribution in [2.45, 2.75) is 0 Å². The molecule has 0 aliphatic heterocycles. The highest BCUT2D eigenvalue weighted by Crippen LogP contribution is 2.31. The van der Waals surface area contributed by atoms with Crippen molar-refractivity contribution in [3.8, 4) is 11.5 Å². The number of nitrogens with zero attached hydrogens (tertiary/aromatic N) is 1. The number of hydrogen-bond donors (Lipinski definition) is 0. The molecule has 0 amide bonds. The Kier molecular flexibility index (Phi) is 4.95. The predicted molar refractivity (Wildman–Crippen MR) is 95.9 cm³/mol. The molecule has 0 radical (unpaired) electrons. The van der Waals surface area contributed by atoms with Gasteiger partial charge < -0.3 is 9.47 Å². The lowest BCUT2D eigenvalue weighted by molar-refractivity contribution is -0.385. The second-order valence-electron chi connectivity index (χ2n) is 5.08. The highest BCUT2D eigenvalue weighted by atomic mass is 79.9. The second kappa shape index (κ2) is 7.31. The predicted octanol–water partition coefficient (Wildman–Crippen LogP) is 4.49. The van der Waals surface area contributed by atoms with Gasteiger partial charge >= 0.3 is 11.7 Å². The Morgan fingerprint density at radius 3 is 2.40 bits per heavy atom. The third-order valence-electron chi connectivity index (χ3n) is 3.46. The van der Waals surface area contributed by atoms with Crippen LogP contribution in [0.2, 0.25) is 0 Å². The Balaban J connectivity index is 1.74. The van der Waals surface area contributed by atoms with E-state index in [4.69, 9.17) is 9.47 Å². The molecule has 0 spiro atoms. The monoisotopic (exact) mass is 401 g/mol. The van der Waals surface area contributed by atoms with Gasteiger partial charge in [0.2, 0.25) is 0 Å². The quantitative estimate of drug-likeness (QED) is 0.272. The van der Waals surface area contributed by atoms with Crippen LogP contribution in [0.25, 0.3) is 10.8 Å². The van der Waals surface area contributed by atoms with Gasteiger partial charge in [0.1, 0.15) is 5.75 Å². The molecule has 0 atom stereocenters. The number of esters is 1. The van der Waals surface area contributed by atoms with Crippen LogP contribution >= 0.6 is 15.9 Å². The van der Waals surface area contributed by atoms with Gasteiger partial charge in [-0.3, -0.25) is 10.1 Å². The number of nitro benzene ring substituents is 1. The zero-order valence-corrected chi connectivity index (χ0v) is 14.4. The van der Waals surface area contributed by atoms with Crippen LogP contribution in [-0.2, 0) is 4.79 Å². The minimum Gasteiger partial charge on any atom is -0.475 e. The van der Waals surface area contributed by atoms with Crippen LogP contribution in [0.4, 0.5) is 5.69 Å². The van der Waals surface area contributed by atoms with Crippen molar-refractivity contribution in [3.05, 3.63) is 75.3 Å². The van der Waals surface area contributed by atoms with E-state index < -0.39 is 17.5 Å². The molecular weight excluding hydrogens is 390 g/mol. The van der Waals surface area contributed by atoms with Crippen molar-refractivity contribution in [1.29, 1.82) is 0 Å². The fourth-order valence-corrected chi connectivity index (χ4v) is 2.82. The van der Waals surface area contributed by atoms with Crippen LogP contribution in [0, 0.1) is 10.1 Å². The van der Waals surface area contributed by atoms with Crippen molar-refractivity contribution >= 4 is 38.4 Å². The topological polar surface area (TPSA) is 78.7 Å². The summed E-state index contributed by atoms with van der Waals surface area (Å²) in [5.41, 5.74) is -0.204. The molecule has 0 saturated heterocycles. The van der Waals surface area contributed by atoms with Crippen molar-refractivity contribution in [3.63, 3.8) is 0 Å². The highest BCUT2D eigenvalue weighted by molar-refractivity contribution is 9.10. The summed E-state index contributed by atoms with van der Waals surface area (Å²) in [7, 11) is 0. The van der Waals surface area contributed by atoms with Gasteiger partial charge in [-0.05, 0) is 23.6 Å². The van der Waals surface area contributed by atoms with E-state index in [-0.39, 0.29) is 11.4 Å². The number of fused-ring (bicyclic) bond motifs is 1. The molecule has 6 nitrogen and oxygen atoms in total. The molecule has 0 N–H and O–H groups in total. The van der Waals surface area contributed by atoms with Gasteiger partial charge in [-0.15, -0.1) is 0 Å². The smallest absolute Gasteiger partial charge is 0.349 e. The van der Waals surface area contributed by atoms with E-state index in [1.165, 1.54) is 18.2 Å². The number of carbonyl (C=O) groups excluding carboxylic acids is 1. The molecule has 25 heavy (non-hydrogen) atoms. The average Bonchev–Trinajstić information content (AvgIpc) is 2.63. The Labute approximate surface area is 151 Å². The van der Waals surface area contributed by atoms with E-state index in [1.807, 2.05) is 24.3 Å². The first-order chi connectivity index (χ1) is 12.1. The van der Waals surface area contributed by atoms with E-state index in [0.29, 0.717) is 5.75 Å². The number of halogens is 1. The lowest BCUT2D eigenvalue weighted by atomic mass is 10.1. The summed E-state index contributed by atoms with van der Waals surface area (Å²) in [4.78, 5) is 22.4. The number of hydrogen-bond acceptors (Lipinski definition) is 5. The van der Waals surface area contributed by atoms with Gasteiger partial charge in [-0.25, -0.2) is 4.79 Å². The third kappa shape index (κ3) is 3.77. The van der Waals surface area contributed by atoms with Crippen LogP contribution in [0.15, 0.2) is 65.1 Å². The molecule has 3 aromatic rings. The number of rotatable bonds is 5. The summed E-state index contributed by atoms with van der Waals surface area (Å²) in [6.45, 7) is -0.435. The largest absolute Gasteiger partial charge is 0.475 e. The minimum atomic E-state index is -0.648. The molecule has 0 aliphatic carbocycles. The first-order valence-electron chi connectivity index (χ1n) is 7.30. The molecule has 0 saturated carbocycles. The van der Waals surface area contributed by atoms with Crippen molar-refractivity contribution < 1.29 is 19.2 Å². The van der Waals surface area contributed by atoms with E-state index in [2.05, 4.69) is 15.9 Å². The zero-order valence-electron chi connectivity index (χ0n) is 12.8. The summed E-state index contributed by atoms with van der Waals surface area (Å²) in [6, 6.07) is 16.8. The van der Waals surface area contributed by atoms with Crippen molar-refractivity contribution in [1.82, 2.24) is 0 Å². The molecule has 0 fully saturated rings. The Morgan fingerprint density at radius 2 is 1.64 bits per heavy atom. The standard InChI is InChI=1S/C18H12BrNO5/c19-14-9-10-16(13-6-2-1-5-12(13)14)25-18(21)11-24-17-8-4-3-7-15(17)20(22)23/h1-10H,11H2. The van der Waals surface area contributed by atoms with Gasteiger partial charge in [-0.1, -0.05) is 52.3 Å². The Hall–Kier alpha value is -2.93. The number of ether oxygens (including phenoxy) is 2. The molecule has 7 heteroatoms. The van der Waals surface area contributed by atoms with Crippen LogP contribution < -0.4 is 9.47 Å². The lowest BCUT2D eigenvalue weighted by Gasteiger charge is -2.10. The number of nitro groups is 1. The Bertz CT molecular complexity index is 957. The van der Waals surface area contributed by atoms with Crippen LogP contribution in [0.5, 0.6) is 11.5 Å². The number of benzene rings is 3. The molecule has 0 bridgehead atoms. The van der Waals surface area contributed by atoms with E-state index in [0.717, 1.165) is 15.2 Å². The maximum absolute atomic E-state index is 12.1. The number of carbonyl (C=O) groups is 1. The Morgan fingerprint density at radius 1 is 0.960 bits per heavy atom. The molecule has 0 heterocycles. The molecule has 0 aromatic heterocycles. The average molecular weight is 402 g/mol. The molecule has 3 aromatic carbocycles. The fraction of sp³-hybridized carbons (Fsp3) is 0.0556. The zero-order chi connectivity index (χ0) is 17.8. The first kappa shape index (κ1) is 16.9. The summed E-state index contributed by atoms with van der Waals surface area (Å²) in [6.07, 6.45) is 0. The van der Waals surface area contributed by atoms with Gasteiger partial charge in [0, 0.05) is 15.9 Å². The molecule has 126 valence electrons. The summed E-state index contributed by atoms with van der Waals surface area (Å²) in [5, 5.41) is 12.6. The summed E-state index contributed by atoms with van der Waals surface area (Å²) >= 11 is 3.45. The highest BCUT2D eigenvalue weighted by Gasteiger charge is 2.16. The third-order valence-corrected chi connectivity index (χ3v) is 4.15. The summed E-state index contributed by atoms with van der Waals surface area (Å²) < 4.78 is 11.5. The van der Waals surface area contributed by atoms with Gasteiger partial charge in [0.15, 0.2) is 12.4 Å².